The standard InChI is InChI=1S/C13H14N4/c14-11-2-1-3-12-10(11)8-16-13(17-12)9-4-6-15-7-5-9/h4-8,11H,1-3,14H2. The molecule has 0 radical (unpaired) electrons. The quantitative estimate of drug-likeness (QED) is 0.806. The van der Waals surface area contributed by atoms with Crippen LogP contribution in [0.1, 0.15) is 30.1 Å². The third-order valence-electron chi connectivity index (χ3n) is 3.17. The van der Waals surface area contributed by atoms with E-state index >= 15 is 0 Å². The molecular weight excluding hydrogens is 212 g/mol. The maximum Gasteiger partial charge on any atom is 0.159 e. The third kappa shape index (κ3) is 1.91. The van der Waals surface area contributed by atoms with Crippen molar-refractivity contribution in [3.63, 3.8) is 0 Å². The molecule has 2 heterocycles. The Bertz CT molecular complexity index is 524. The average Bonchev–Trinajstić information content (AvgIpc) is 2.40. The van der Waals surface area contributed by atoms with Gasteiger partial charge in [-0.05, 0) is 31.4 Å². The van der Waals surface area contributed by atoms with Crippen LogP contribution in [0, 0.1) is 0 Å². The van der Waals surface area contributed by atoms with Crippen LogP contribution in [0.15, 0.2) is 30.7 Å². The number of nitrogens with two attached hydrogens (primary N) is 1. The minimum absolute atomic E-state index is 0.102. The van der Waals surface area contributed by atoms with Gasteiger partial charge in [-0.25, -0.2) is 9.97 Å². The highest BCUT2D eigenvalue weighted by molar-refractivity contribution is 5.54. The van der Waals surface area contributed by atoms with Crippen LogP contribution in [0.25, 0.3) is 11.4 Å². The Balaban J connectivity index is 2.04. The van der Waals surface area contributed by atoms with Crippen LogP contribution in [-0.4, -0.2) is 15.0 Å². The predicted octanol–water partition coefficient (Wildman–Crippen LogP) is 1.87. The summed E-state index contributed by atoms with van der Waals surface area (Å²) in [6, 6.07) is 3.94. The van der Waals surface area contributed by atoms with Crippen LogP contribution < -0.4 is 5.73 Å². The molecule has 0 saturated heterocycles. The van der Waals surface area contributed by atoms with Crippen molar-refractivity contribution in [3.8, 4) is 11.4 Å². The van der Waals surface area contributed by atoms with Crippen molar-refractivity contribution in [2.75, 3.05) is 0 Å². The van der Waals surface area contributed by atoms with E-state index in [1.165, 1.54) is 0 Å². The highest BCUT2D eigenvalue weighted by Gasteiger charge is 2.19. The molecule has 0 aliphatic heterocycles. The van der Waals surface area contributed by atoms with Gasteiger partial charge in [-0.15, -0.1) is 0 Å². The zero-order valence-corrected chi connectivity index (χ0v) is 9.50. The van der Waals surface area contributed by atoms with E-state index in [2.05, 4.69) is 15.0 Å². The van der Waals surface area contributed by atoms with Gasteiger partial charge in [0.15, 0.2) is 5.82 Å². The monoisotopic (exact) mass is 226 g/mol. The minimum Gasteiger partial charge on any atom is -0.324 e. The summed E-state index contributed by atoms with van der Waals surface area (Å²) in [5.74, 6) is 0.764. The normalized spacial score (nSPS) is 18.8. The highest BCUT2D eigenvalue weighted by atomic mass is 14.9. The maximum atomic E-state index is 6.05. The Morgan fingerprint density at radius 3 is 2.88 bits per heavy atom. The summed E-state index contributed by atoms with van der Waals surface area (Å²) in [4.78, 5) is 13.0. The molecule has 2 N–H and O–H groups in total. The molecule has 4 heteroatoms. The first kappa shape index (κ1) is 10.4. The van der Waals surface area contributed by atoms with Gasteiger partial charge >= 0.3 is 0 Å². The Morgan fingerprint density at radius 1 is 1.24 bits per heavy atom. The lowest BCUT2D eigenvalue weighted by Gasteiger charge is -2.20. The molecule has 1 unspecified atom stereocenters. The smallest absolute Gasteiger partial charge is 0.159 e. The number of fused-ring (bicyclic) bond motifs is 1. The molecule has 0 aromatic carbocycles. The molecule has 2 aromatic heterocycles. The molecule has 0 saturated carbocycles. The van der Waals surface area contributed by atoms with Gasteiger partial charge in [0, 0.05) is 41.5 Å². The van der Waals surface area contributed by atoms with Gasteiger partial charge in [0.1, 0.15) is 0 Å². The molecule has 86 valence electrons. The Kier molecular flexibility index (Phi) is 2.57. The fourth-order valence-electron chi connectivity index (χ4n) is 2.22. The van der Waals surface area contributed by atoms with Crippen molar-refractivity contribution in [1.82, 2.24) is 15.0 Å². The van der Waals surface area contributed by atoms with E-state index in [4.69, 9.17) is 5.73 Å². The fraction of sp³-hybridized carbons (Fsp3) is 0.308. The van der Waals surface area contributed by atoms with Crippen molar-refractivity contribution in [2.45, 2.75) is 25.3 Å². The molecule has 1 aliphatic carbocycles. The third-order valence-corrected chi connectivity index (χ3v) is 3.17. The molecular formula is C13H14N4. The summed E-state index contributed by atoms with van der Waals surface area (Å²) >= 11 is 0. The first-order valence-corrected chi connectivity index (χ1v) is 5.86. The van der Waals surface area contributed by atoms with Gasteiger partial charge in [0.2, 0.25) is 0 Å². The second-order valence-electron chi connectivity index (χ2n) is 4.33. The van der Waals surface area contributed by atoms with Crippen molar-refractivity contribution in [1.29, 1.82) is 0 Å². The first-order valence-electron chi connectivity index (χ1n) is 5.86. The fourth-order valence-corrected chi connectivity index (χ4v) is 2.22. The number of pyridine rings is 1. The maximum absolute atomic E-state index is 6.05. The van der Waals surface area contributed by atoms with Gasteiger partial charge < -0.3 is 5.73 Å². The molecule has 0 bridgehead atoms. The second kappa shape index (κ2) is 4.22. The summed E-state index contributed by atoms with van der Waals surface area (Å²) in [7, 11) is 0. The molecule has 4 nitrogen and oxygen atoms in total. The van der Waals surface area contributed by atoms with E-state index in [1.54, 1.807) is 12.4 Å². The van der Waals surface area contributed by atoms with Gasteiger partial charge in [0.25, 0.3) is 0 Å². The SMILES string of the molecule is NC1CCCc2nc(-c3ccncc3)ncc21. The summed E-state index contributed by atoms with van der Waals surface area (Å²) in [5.41, 5.74) is 9.25. The average molecular weight is 226 g/mol. The Morgan fingerprint density at radius 2 is 2.06 bits per heavy atom. The topological polar surface area (TPSA) is 64.7 Å². The number of rotatable bonds is 1. The highest BCUT2D eigenvalue weighted by Crippen LogP contribution is 2.27. The molecule has 2 aromatic rings. The van der Waals surface area contributed by atoms with Crippen molar-refractivity contribution >= 4 is 0 Å². The van der Waals surface area contributed by atoms with Crippen molar-refractivity contribution < 1.29 is 0 Å². The number of aryl methyl sites for hydroxylation is 1. The molecule has 1 atom stereocenters. The number of aromatic nitrogens is 3. The van der Waals surface area contributed by atoms with Crippen molar-refractivity contribution in [2.24, 2.45) is 5.73 Å². The van der Waals surface area contributed by atoms with Crippen LogP contribution in [-0.2, 0) is 6.42 Å². The molecule has 1 aliphatic rings. The predicted molar refractivity (Wildman–Crippen MR) is 65.1 cm³/mol. The van der Waals surface area contributed by atoms with Crippen LogP contribution >= 0.6 is 0 Å². The van der Waals surface area contributed by atoms with Crippen LogP contribution in [0.2, 0.25) is 0 Å². The van der Waals surface area contributed by atoms with E-state index in [1.807, 2.05) is 18.3 Å². The lowest BCUT2D eigenvalue weighted by atomic mass is 9.93. The van der Waals surface area contributed by atoms with E-state index in [0.717, 1.165) is 41.9 Å². The lowest BCUT2D eigenvalue weighted by molar-refractivity contribution is 0.557. The summed E-state index contributed by atoms with van der Waals surface area (Å²) < 4.78 is 0. The lowest BCUT2D eigenvalue weighted by Crippen LogP contribution is -2.19. The van der Waals surface area contributed by atoms with Gasteiger partial charge in [-0.3, -0.25) is 4.98 Å². The van der Waals surface area contributed by atoms with Gasteiger partial charge in [-0.1, -0.05) is 0 Å². The van der Waals surface area contributed by atoms with E-state index in [-0.39, 0.29) is 6.04 Å². The minimum atomic E-state index is 0.102. The zero-order valence-electron chi connectivity index (χ0n) is 9.50. The number of nitrogens with zero attached hydrogens (tertiary/aromatic N) is 3. The first-order chi connectivity index (χ1) is 8.34. The van der Waals surface area contributed by atoms with Crippen LogP contribution in [0.3, 0.4) is 0 Å². The van der Waals surface area contributed by atoms with Crippen LogP contribution in [0.4, 0.5) is 0 Å². The van der Waals surface area contributed by atoms with Crippen molar-refractivity contribution in [3.05, 3.63) is 42.0 Å². The molecule has 3 rings (SSSR count). The Labute approximate surface area is 99.9 Å². The van der Waals surface area contributed by atoms with Gasteiger partial charge in [-0.2, -0.15) is 0 Å². The van der Waals surface area contributed by atoms with E-state index < -0.39 is 0 Å². The molecule has 17 heavy (non-hydrogen) atoms. The summed E-state index contributed by atoms with van der Waals surface area (Å²) in [6.45, 7) is 0. The zero-order chi connectivity index (χ0) is 11.7. The van der Waals surface area contributed by atoms with Gasteiger partial charge in [0.05, 0.1) is 0 Å². The molecule has 0 amide bonds. The number of hydrogen-bond acceptors (Lipinski definition) is 4. The Hall–Kier alpha value is -1.81. The van der Waals surface area contributed by atoms with Crippen LogP contribution in [0.5, 0.6) is 0 Å². The van der Waals surface area contributed by atoms with E-state index in [0.29, 0.717) is 0 Å². The molecule has 0 fully saturated rings. The molecule has 0 spiro atoms. The summed E-state index contributed by atoms with van der Waals surface area (Å²) in [5, 5.41) is 0. The largest absolute Gasteiger partial charge is 0.324 e. The summed E-state index contributed by atoms with van der Waals surface area (Å²) in [6.07, 6.45) is 8.53. The second-order valence-corrected chi connectivity index (χ2v) is 4.33. The van der Waals surface area contributed by atoms with E-state index in [9.17, 15) is 0 Å². The number of hydrogen-bond donors (Lipinski definition) is 1.